The van der Waals surface area contributed by atoms with E-state index in [4.69, 9.17) is 4.74 Å². The van der Waals surface area contributed by atoms with Gasteiger partial charge in [0.1, 0.15) is 6.54 Å². The lowest BCUT2D eigenvalue weighted by atomic mass is 10.0. The second kappa shape index (κ2) is 8.43. The van der Waals surface area contributed by atoms with Crippen molar-refractivity contribution in [2.24, 2.45) is 5.10 Å². The van der Waals surface area contributed by atoms with Gasteiger partial charge in [0, 0.05) is 33.1 Å². The number of nitrogens with one attached hydrogen (secondary N) is 1. The molecule has 124 valence electrons. The van der Waals surface area contributed by atoms with E-state index in [9.17, 15) is 9.59 Å². The van der Waals surface area contributed by atoms with Crippen LogP contribution in [-0.2, 0) is 14.3 Å². The lowest BCUT2D eigenvalue weighted by Crippen LogP contribution is -2.40. The van der Waals surface area contributed by atoms with Crippen LogP contribution < -0.4 is 5.32 Å². The standard InChI is InChI=1S/C17H23N3O3/c1-13-4-6-14(7-5-13)15-8-9-17(22)20(19-15)12-16(21)18-10-3-11-23-2/h4-7H,3,8-12H2,1-2H3,(H,18,21). The van der Waals surface area contributed by atoms with Gasteiger partial charge in [0.15, 0.2) is 0 Å². The van der Waals surface area contributed by atoms with Crippen molar-refractivity contribution in [3.05, 3.63) is 35.4 Å². The normalized spacial score (nSPS) is 14.6. The van der Waals surface area contributed by atoms with E-state index in [1.165, 1.54) is 10.6 Å². The minimum atomic E-state index is -0.205. The third kappa shape index (κ3) is 5.17. The fraction of sp³-hybridized carbons (Fsp3) is 0.471. The molecule has 1 aromatic rings. The van der Waals surface area contributed by atoms with Crippen molar-refractivity contribution in [1.29, 1.82) is 0 Å². The highest BCUT2D eigenvalue weighted by molar-refractivity contribution is 6.04. The monoisotopic (exact) mass is 317 g/mol. The van der Waals surface area contributed by atoms with E-state index in [-0.39, 0.29) is 18.4 Å². The number of carbonyl (C=O) groups excluding carboxylic acids is 2. The van der Waals surface area contributed by atoms with Crippen LogP contribution in [0.15, 0.2) is 29.4 Å². The van der Waals surface area contributed by atoms with E-state index in [0.717, 1.165) is 17.7 Å². The van der Waals surface area contributed by atoms with Gasteiger partial charge in [-0.25, -0.2) is 5.01 Å². The summed E-state index contributed by atoms with van der Waals surface area (Å²) in [7, 11) is 1.62. The van der Waals surface area contributed by atoms with E-state index in [1.807, 2.05) is 31.2 Å². The van der Waals surface area contributed by atoms with Gasteiger partial charge in [0.2, 0.25) is 11.8 Å². The van der Waals surface area contributed by atoms with Crippen LogP contribution in [0.25, 0.3) is 0 Å². The molecule has 1 aliphatic rings. The molecule has 0 atom stereocenters. The summed E-state index contributed by atoms with van der Waals surface area (Å²) in [6.07, 6.45) is 1.73. The van der Waals surface area contributed by atoms with Crippen molar-refractivity contribution in [3.63, 3.8) is 0 Å². The molecule has 1 aliphatic heterocycles. The number of rotatable bonds is 7. The molecule has 6 heteroatoms. The maximum atomic E-state index is 12.0. The van der Waals surface area contributed by atoms with Gasteiger partial charge in [-0.05, 0) is 18.9 Å². The number of amides is 2. The summed E-state index contributed by atoms with van der Waals surface area (Å²) in [6, 6.07) is 8.02. The molecule has 0 fully saturated rings. The fourth-order valence-electron chi connectivity index (χ4n) is 2.31. The molecule has 1 heterocycles. The topological polar surface area (TPSA) is 71.0 Å². The lowest BCUT2D eigenvalue weighted by Gasteiger charge is -2.23. The minimum absolute atomic E-state index is 0.0405. The largest absolute Gasteiger partial charge is 0.385 e. The number of methoxy groups -OCH3 is 1. The number of aryl methyl sites for hydroxylation is 1. The summed E-state index contributed by atoms with van der Waals surface area (Å²) < 4.78 is 4.92. The van der Waals surface area contributed by atoms with E-state index < -0.39 is 0 Å². The minimum Gasteiger partial charge on any atom is -0.385 e. The summed E-state index contributed by atoms with van der Waals surface area (Å²) in [4.78, 5) is 23.8. The van der Waals surface area contributed by atoms with Gasteiger partial charge in [-0.15, -0.1) is 0 Å². The maximum absolute atomic E-state index is 12.0. The Morgan fingerprint density at radius 1 is 1.30 bits per heavy atom. The molecule has 0 spiro atoms. The van der Waals surface area contributed by atoms with E-state index in [0.29, 0.717) is 26.0 Å². The molecule has 23 heavy (non-hydrogen) atoms. The quantitative estimate of drug-likeness (QED) is 0.774. The SMILES string of the molecule is COCCCNC(=O)CN1N=C(c2ccc(C)cc2)CCC1=O. The summed E-state index contributed by atoms with van der Waals surface area (Å²) in [6.45, 7) is 3.11. The first-order chi connectivity index (χ1) is 11.1. The fourth-order valence-corrected chi connectivity index (χ4v) is 2.31. The van der Waals surface area contributed by atoms with Crippen molar-refractivity contribution in [3.8, 4) is 0 Å². The van der Waals surface area contributed by atoms with Gasteiger partial charge in [0.05, 0.1) is 5.71 Å². The predicted molar refractivity (Wildman–Crippen MR) is 88.2 cm³/mol. The predicted octanol–water partition coefficient (Wildman–Crippen LogP) is 1.47. The van der Waals surface area contributed by atoms with Crippen molar-refractivity contribution in [2.75, 3.05) is 26.8 Å². The summed E-state index contributed by atoms with van der Waals surface area (Å²) >= 11 is 0. The average Bonchev–Trinajstić information content (AvgIpc) is 2.54. The molecular weight excluding hydrogens is 294 g/mol. The van der Waals surface area contributed by atoms with Crippen molar-refractivity contribution < 1.29 is 14.3 Å². The molecule has 2 amide bonds. The van der Waals surface area contributed by atoms with E-state index in [2.05, 4.69) is 10.4 Å². The molecule has 0 unspecified atom stereocenters. The number of hydrogen-bond donors (Lipinski definition) is 1. The van der Waals surface area contributed by atoms with Gasteiger partial charge in [0.25, 0.3) is 0 Å². The van der Waals surface area contributed by atoms with Crippen LogP contribution in [0.4, 0.5) is 0 Å². The van der Waals surface area contributed by atoms with Gasteiger partial charge < -0.3 is 10.1 Å². The van der Waals surface area contributed by atoms with Crippen LogP contribution in [0.3, 0.4) is 0 Å². The highest BCUT2D eigenvalue weighted by Crippen LogP contribution is 2.15. The van der Waals surface area contributed by atoms with Crippen LogP contribution >= 0.6 is 0 Å². The van der Waals surface area contributed by atoms with Gasteiger partial charge in [-0.3, -0.25) is 9.59 Å². The third-order valence-corrected chi connectivity index (χ3v) is 3.63. The molecule has 0 aromatic heterocycles. The Kier molecular flexibility index (Phi) is 6.29. The zero-order valence-corrected chi connectivity index (χ0v) is 13.7. The van der Waals surface area contributed by atoms with Crippen LogP contribution in [0, 0.1) is 6.92 Å². The zero-order chi connectivity index (χ0) is 16.7. The summed E-state index contributed by atoms with van der Waals surface area (Å²) in [5, 5.41) is 8.40. The Morgan fingerprint density at radius 3 is 2.74 bits per heavy atom. The van der Waals surface area contributed by atoms with Gasteiger partial charge >= 0.3 is 0 Å². The molecule has 1 N–H and O–H groups in total. The Hall–Kier alpha value is -2.21. The number of nitrogens with zero attached hydrogens (tertiary/aromatic N) is 2. The number of carbonyl (C=O) groups is 2. The second-order valence-electron chi connectivity index (χ2n) is 5.56. The summed E-state index contributed by atoms with van der Waals surface area (Å²) in [5.74, 6) is -0.323. The van der Waals surface area contributed by atoms with Crippen molar-refractivity contribution >= 4 is 17.5 Å². The second-order valence-corrected chi connectivity index (χ2v) is 5.56. The number of ether oxygens (including phenoxy) is 1. The molecule has 2 rings (SSSR count). The van der Waals surface area contributed by atoms with Crippen LogP contribution in [0.2, 0.25) is 0 Å². The third-order valence-electron chi connectivity index (χ3n) is 3.63. The van der Waals surface area contributed by atoms with Gasteiger partial charge in [-0.1, -0.05) is 29.8 Å². The maximum Gasteiger partial charge on any atom is 0.243 e. The smallest absolute Gasteiger partial charge is 0.243 e. The Bertz CT molecular complexity index is 581. The summed E-state index contributed by atoms with van der Waals surface area (Å²) in [5.41, 5.74) is 3.01. The van der Waals surface area contributed by atoms with E-state index in [1.54, 1.807) is 7.11 Å². The molecule has 1 aromatic carbocycles. The first-order valence-corrected chi connectivity index (χ1v) is 7.80. The van der Waals surface area contributed by atoms with Crippen LogP contribution in [0.5, 0.6) is 0 Å². The van der Waals surface area contributed by atoms with Crippen molar-refractivity contribution in [1.82, 2.24) is 10.3 Å². The highest BCUT2D eigenvalue weighted by atomic mass is 16.5. The van der Waals surface area contributed by atoms with Gasteiger partial charge in [-0.2, -0.15) is 5.10 Å². The highest BCUT2D eigenvalue weighted by Gasteiger charge is 2.23. The Labute approximate surface area is 136 Å². The van der Waals surface area contributed by atoms with Crippen LogP contribution in [0.1, 0.15) is 30.4 Å². The Balaban J connectivity index is 1.96. The number of hydrogen-bond acceptors (Lipinski definition) is 4. The van der Waals surface area contributed by atoms with E-state index >= 15 is 0 Å². The first-order valence-electron chi connectivity index (χ1n) is 7.80. The molecule has 0 bridgehead atoms. The number of hydrazone groups is 1. The lowest BCUT2D eigenvalue weighted by molar-refractivity contribution is -0.136. The molecule has 6 nitrogen and oxygen atoms in total. The first kappa shape index (κ1) is 17.1. The molecule has 0 saturated heterocycles. The molecular formula is C17H23N3O3. The number of benzene rings is 1. The molecule has 0 aliphatic carbocycles. The zero-order valence-electron chi connectivity index (χ0n) is 13.7. The average molecular weight is 317 g/mol. The van der Waals surface area contributed by atoms with Crippen LogP contribution in [-0.4, -0.2) is 49.3 Å². The van der Waals surface area contributed by atoms with Crippen molar-refractivity contribution in [2.45, 2.75) is 26.2 Å². The molecule has 0 radical (unpaired) electrons. The molecule has 0 saturated carbocycles. The Morgan fingerprint density at radius 2 is 2.04 bits per heavy atom.